The molecule has 1 saturated heterocycles. The zero-order valence-corrected chi connectivity index (χ0v) is 15.0. The molecule has 0 saturated carbocycles. The average molecular weight is 363 g/mol. The number of thiazole rings is 1. The second-order valence-corrected chi connectivity index (χ2v) is 7.64. The molecule has 7 heteroatoms. The third-order valence-electron chi connectivity index (χ3n) is 4.47. The summed E-state index contributed by atoms with van der Waals surface area (Å²) in [5, 5.41) is 15.8. The minimum atomic E-state index is -0.0159. The summed E-state index contributed by atoms with van der Waals surface area (Å²) >= 11 is 7.73. The van der Waals surface area contributed by atoms with Crippen molar-refractivity contribution in [3.8, 4) is 5.88 Å². The molecule has 0 unspecified atom stereocenters. The van der Waals surface area contributed by atoms with Crippen LogP contribution in [0.5, 0.6) is 5.88 Å². The van der Waals surface area contributed by atoms with Gasteiger partial charge in [0.25, 0.3) is 0 Å². The standard InChI is InChI=1S/C17H19ClN4OS/c1-11-19-17-22(20-11)16(23)15(24-17)14(21-8-3-2-4-9-21)12-6-5-7-13(18)10-12/h5-7,10,14,23H,2-4,8-9H2,1H3/t14-/m1/s1. The molecule has 4 rings (SSSR count). The van der Waals surface area contributed by atoms with Gasteiger partial charge in [0, 0.05) is 5.02 Å². The first kappa shape index (κ1) is 15.9. The van der Waals surface area contributed by atoms with E-state index >= 15 is 0 Å². The topological polar surface area (TPSA) is 53.7 Å². The fraction of sp³-hybridized carbons (Fsp3) is 0.412. The molecule has 0 aliphatic carbocycles. The number of likely N-dealkylation sites (tertiary alicyclic amines) is 1. The van der Waals surface area contributed by atoms with Gasteiger partial charge in [-0.2, -0.15) is 4.52 Å². The summed E-state index contributed by atoms with van der Waals surface area (Å²) < 4.78 is 1.54. The third kappa shape index (κ3) is 2.79. The van der Waals surface area contributed by atoms with E-state index in [9.17, 15) is 5.11 Å². The molecule has 0 bridgehead atoms. The molecule has 1 aliphatic rings. The van der Waals surface area contributed by atoms with Gasteiger partial charge in [-0.05, 0) is 50.6 Å². The number of aromatic hydroxyl groups is 1. The normalized spacial score (nSPS) is 17.4. The quantitative estimate of drug-likeness (QED) is 0.764. The molecular weight excluding hydrogens is 344 g/mol. The fourth-order valence-electron chi connectivity index (χ4n) is 3.41. The second-order valence-electron chi connectivity index (χ2n) is 6.20. The highest BCUT2D eigenvalue weighted by molar-refractivity contribution is 7.17. The predicted molar refractivity (Wildman–Crippen MR) is 96.0 cm³/mol. The summed E-state index contributed by atoms with van der Waals surface area (Å²) in [6.45, 7) is 3.87. The lowest BCUT2D eigenvalue weighted by atomic mass is 10.0. The van der Waals surface area contributed by atoms with Crippen molar-refractivity contribution in [2.45, 2.75) is 32.2 Å². The van der Waals surface area contributed by atoms with Crippen LogP contribution in [0.3, 0.4) is 0 Å². The Morgan fingerprint density at radius 1 is 1.25 bits per heavy atom. The van der Waals surface area contributed by atoms with Crippen LogP contribution in [0.1, 0.15) is 41.6 Å². The van der Waals surface area contributed by atoms with Crippen molar-refractivity contribution < 1.29 is 5.11 Å². The van der Waals surface area contributed by atoms with Crippen LogP contribution < -0.4 is 0 Å². The Bertz CT molecular complexity index is 869. The SMILES string of the molecule is Cc1nc2sc([C@@H](c3cccc(Cl)c3)N3CCCCC3)c(O)n2n1. The number of halogens is 1. The van der Waals surface area contributed by atoms with Crippen molar-refractivity contribution in [1.29, 1.82) is 0 Å². The van der Waals surface area contributed by atoms with E-state index in [0.29, 0.717) is 10.8 Å². The Labute approximate surface area is 149 Å². The molecule has 1 atom stereocenters. The highest BCUT2D eigenvalue weighted by atomic mass is 35.5. The van der Waals surface area contributed by atoms with Crippen LogP contribution in [0.25, 0.3) is 4.96 Å². The molecule has 0 spiro atoms. The van der Waals surface area contributed by atoms with E-state index < -0.39 is 0 Å². The minimum absolute atomic E-state index is 0.0159. The van der Waals surface area contributed by atoms with Crippen LogP contribution in [0, 0.1) is 6.92 Å². The average Bonchev–Trinajstić information content (AvgIpc) is 3.07. The van der Waals surface area contributed by atoms with E-state index in [2.05, 4.69) is 21.0 Å². The molecule has 0 amide bonds. The summed E-state index contributed by atoms with van der Waals surface area (Å²) in [6.07, 6.45) is 3.62. The monoisotopic (exact) mass is 362 g/mol. The zero-order chi connectivity index (χ0) is 16.7. The molecule has 3 aromatic rings. The zero-order valence-electron chi connectivity index (χ0n) is 13.4. The Morgan fingerprint density at radius 3 is 2.75 bits per heavy atom. The number of fused-ring (bicyclic) bond motifs is 1. The summed E-state index contributed by atoms with van der Waals surface area (Å²) in [6, 6.07) is 7.89. The molecule has 1 fully saturated rings. The lowest BCUT2D eigenvalue weighted by Crippen LogP contribution is -2.34. The molecule has 126 valence electrons. The summed E-state index contributed by atoms with van der Waals surface area (Å²) in [7, 11) is 0. The van der Waals surface area contributed by atoms with E-state index in [1.54, 1.807) is 0 Å². The molecule has 0 radical (unpaired) electrons. The van der Waals surface area contributed by atoms with Crippen LogP contribution in [-0.4, -0.2) is 37.7 Å². The van der Waals surface area contributed by atoms with E-state index in [-0.39, 0.29) is 11.9 Å². The van der Waals surface area contributed by atoms with Crippen LogP contribution >= 0.6 is 22.9 Å². The molecule has 1 aromatic carbocycles. The van der Waals surface area contributed by atoms with Crippen molar-refractivity contribution in [3.63, 3.8) is 0 Å². The van der Waals surface area contributed by atoms with Crippen molar-refractivity contribution in [2.24, 2.45) is 0 Å². The van der Waals surface area contributed by atoms with Crippen molar-refractivity contribution in [2.75, 3.05) is 13.1 Å². The highest BCUT2D eigenvalue weighted by Gasteiger charge is 2.30. The number of hydrogen-bond donors (Lipinski definition) is 1. The second kappa shape index (κ2) is 6.35. The van der Waals surface area contributed by atoms with Gasteiger partial charge in [-0.1, -0.05) is 41.5 Å². The van der Waals surface area contributed by atoms with Gasteiger partial charge in [-0.3, -0.25) is 4.90 Å². The first-order valence-electron chi connectivity index (χ1n) is 8.18. The fourth-order valence-corrected chi connectivity index (χ4v) is 4.77. The van der Waals surface area contributed by atoms with E-state index in [0.717, 1.165) is 28.5 Å². The summed E-state index contributed by atoms with van der Waals surface area (Å²) in [4.78, 5) is 8.43. The lowest BCUT2D eigenvalue weighted by Gasteiger charge is -2.34. The Morgan fingerprint density at radius 2 is 2.04 bits per heavy atom. The van der Waals surface area contributed by atoms with Crippen molar-refractivity contribution in [3.05, 3.63) is 45.6 Å². The molecule has 2 aromatic heterocycles. The first-order valence-corrected chi connectivity index (χ1v) is 9.37. The number of rotatable bonds is 3. The van der Waals surface area contributed by atoms with Crippen LogP contribution in [-0.2, 0) is 0 Å². The van der Waals surface area contributed by atoms with E-state index in [1.165, 1.54) is 35.1 Å². The Kier molecular flexibility index (Phi) is 4.20. The molecular formula is C17H19ClN4OS. The maximum atomic E-state index is 10.7. The van der Waals surface area contributed by atoms with Gasteiger partial charge in [0.2, 0.25) is 10.8 Å². The maximum absolute atomic E-state index is 10.7. The third-order valence-corrected chi connectivity index (χ3v) is 5.78. The smallest absolute Gasteiger partial charge is 0.230 e. The number of benzene rings is 1. The summed E-state index contributed by atoms with van der Waals surface area (Å²) in [5.74, 6) is 0.853. The molecule has 24 heavy (non-hydrogen) atoms. The molecule has 1 N–H and O–H groups in total. The minimum Gasteiger partial charge on any atom is -0.492 e. The van der Waals surface area contributed by atoms with Gasteiger partial charge in [0.05, 0.1) is 10.9 Å². The molecule has 3 heterocycles. The predicted octanol–water partition coefficient (Wildman–Crippen LogP) is 4.03. The number of nitrogens with zero attached hydrogens (tertiary/aromatic N) is 4. The lowest BCUT2D eigenvalue weighted by molar-refractivity contribution is 0.186. The highest BCUT2D eigenvalue weighted by Crippen LogP contribution is 2.41. The van der Waals surface area contributed by atoms with Gasteiger partial charge in [0.1, 0.15) is 5.82 Å². The van der Waals surface area contributed by atoms with Gasteiger partial charge < -0.3 is 5.11 Å². The molecule has 1 aliphatic heterocycles. The Hall–Kier alpha value is -1.63. The van der Waals surface area contributed by atoms with Gasteiger partial charge in [-0.15, -0.1) is 5.10 Å². The maximum Gasteiger partial charge on any atom is 0.230 e. The van der Waals surface area contributed by atoms with Crippen LogP contribution in [0.15, 0.2) is 24.3 Å². The molecule has 5 nitrogen and oxygen atoms in total. The van der Waals surface area contributed by atoms with E-state index in [1.807, 2.05) is 25.1 Å². The van der Waals surface area contributed by atoms with Crippen LogP contribution in [0.4, 0.5) is 0 Å². The largest absolute Gasteiger partial charge is 0.492 e. The Balaban J connectivity index is 1.84. The first-order chi connectivity index (χ1) is 11.6. The number of piperidine rings is 1. The summed E-state index contributed by atoms with van der Waals surface area (Å²) in [5.41, 5.74) is 1.10. The van der Waals surface area contributed by atoms with Gasteiger partial charge >= 0.3 is 0 Å². The number of aromatic nitrogens is 3. The van der Waals surface area contributed by atoms with Crippen LogP contribution in [0.2, 0.25) is 5.02 Å². The van der Waals surface area contributed by atoms with Gasteiger partial charge in [-0.25, -0.2) is 4.98 Å². The van der Waals surface area contributed by atoms with E-state index in [4.69, 9.17) is 11.6 Å². The van der Waals surface area contributed by atoms with Crippen molar-refractivity contribution >= 4 is 27.9 Å². The number of aryl methyl sites for hydroxylation is 1. The number of hydrogen-bond acceptors (Lipinski definition) is 5. The van der Waals surface area contributed by atoms with Gasteiger partial charge in [0.15, 0.2) is 0 Å². The van der Waals surface area contributed by atoms with Crippen molar-refractivity contribution in [1.82, 2.24) is 19.5 Å².